The Morgan fingerprint density at radius 3 is 2.79 bits per heavy atom. The highest BCUT2D eigenvalue weighted by atomic mass is 32.1. The highest BCUT2D eigenvalue weighted by Gasteiger charge is 2.21. The summed E-state index contributed by atoms with van der Waals surface area (Å²) in [5, 5.41) is 1.02. The summed E-state index contributed by atoms with van der Waals surface area (Å²) in [5.41, 5.74) is 7.52. The van der Waals surface area contributed by atoms with Gasteiger partial charge in [-0.05, 0) is 50.0 Å². The van der Waals surface area contributed by atoms with E-state index in [0.29, 0.717) is 24.0 Å². The number of esters is 1. The van der Waals surface area contributed by atoms with Crippen molar-refractivity contribution in [2.24, 2.45) is 5.92 Å². The molecule has 0 unspecified atom stereocenters. The molecule has 1 fully saturated rings. The molecule has 4 rings (SSSR count). The van der Waals surface area contributed by atoms with Gasteiger partial charge in [-0.15, -0.1) is 11.3 Å². The van der Waals surface area contributed by atoms with Gasteiger partial charge in [-0.1, -0.05) is 12.8 Å². The lowest BCUT2D eigenvalue weighted by Crippen LogP contribution is -2.11. The Hall–Kier alpha value is -1.69. The molecule has 2 aromatic rings. The summed E-state index contributed by atoms with van der Waals surface area (Å²) in [4.78, 5) is 23.3. The number of aryl methyl sites for hydroxylation is 2. The maximum absolute atomic E-state index is 12.0. The number of aromatic nitrogens is 2. The first kappa shape index (κ1) is 15.8. The molecule has 0 atom stereocenters. The molecule has 0 aliphatic heterocycles. The fraction of sp³-hybridized carbons (Fsp3) is 0.611. The first-order chi connectivity index (χ1) is 11.7. The lowest BCUT2D eigenvalue weighted by molar-refractivity contribution is -0.146. The number of hydrogen-bond acceptors (Lipinski definition) is 6. The summed E-state index contributed by atoms with van der Waals surface area (Å²) in [5.74, 6) is 1.39. The van der Waals surface area contributed by atoms with Crippen molar-refractivity contribution in [2.75, 3.05) is 5.73 Å². The van der Waals surface area contributed by atoms with Gasteiger partial charge in [-0.25, -0.2) is 9.97 Å². The third-order valence-electron chi connectivity index (χ3n) is 5.18. The van der Waals surface area contributed by atoms with Crippen LogP contribution in [-0.4, -0.2) is 15.9 Å². The molecule has 2 aliphatic rings. The SMILES string of the molecule is Nc1nc(COC(=O)CC2CCCC2)nc2sc3c(c12)CCCC3. The average Bonchev–Trinajstić information content (AvgIpc) is 3.19. The van der Waals surface area contributed by atoms with Crippen LogP contribution in [0, 0.1) is 5.92 Å². The van der Waals surface area contributed by atoms with E-state index in [1.165, 1.54) is 36.1 Å². The van der Waals surface area contributed by atoms with Crippen molar-refractivity contribution in [3.05, 3.63) is 16.3 Å². The van der Waals surface area contributed by atoms with Crippen LogP contribution in [0.3, 0.4) is 0 Å². The fourth-order valence-electron chi connectivity index (χ4n) is 3.95. The number of anilines is 1. The summed E-state index contributed by atoms with van der Waals surface area (Å²) in [7, 11) is 0. The summed E-state index contributed by atoms with van der Waals surface area (Å²) in [6.07, 6.45) is 9.90. The zero-order valence-electron chi connectivity index (χ0n) is 13.8. The second-order valence-corrected chi connectivity index (χ2v) is 8.02. The Morgan fingerprint density at radius 1 is 1.17 bits per heavy atom. The van der Waals surface area contributed by atoms with Crippen molar-refractivity contribution >= 4 is 33.3 Å². The fourth-order valence-corrected chi connectivity index (χ4v) is 5.24. The second kappa shape index (κ2) is 6.67. The molecular formula is C18H23N3O2S. The van der Waals surface area contributed by atoms with Gasteiger partial charge >= 0.3 is 5.97 Å². The minimum Gasteiger partial charge on any atom is -0.457 e. The lowest BCUT2D eigenvalue weighted by atomic mass is 9.97. The van der Waals surface area contributed by atoms with Crippen LogP contribution in [0.4, 0.5) is 5.82 Å². The van der Waals surface area contributed by atoms with E-state index in [9.17, 15) is 4.79 Å². The van der Waals surface area contributed by atoms with Crippen LogP contribution in [0.25, 0.3) is 10.2 Å². The van der Waals surface area contributed by atoms with Crippen LogP contribution in [-0.2, 0) is 29.0 Å². The number of thiophene rings is 1. The Kier molecular flexibility index (Phi) is 4.39. The molecule has 0 saturated heterocycles. The van der Waals surface area contributed by atoms with Gasteiger partial charge in [-0.2, -0.15) is 0 Å². The molecule has 6 heteroatoms. The number of ether oxygens (including phenoxy) is 1. The second-order valence-electron chi connectivity index (χ2n) is 6.93. The number of nitrogens with two attached hydrogens (primary N) is 1. The van der Waals surface area contributed by atoms with Crippen LogP contribution in [0.2, 0.25) is 0 Å². The topological polar surface area (TPSA) is 78.1 Å². The maximum Gasteiger partial charge on any atom is 0.306 e. The first-order valence-electron chi connectivity index (χ1n) is 8.93. The van der Waals surface area contributed by atoms with E-state index in [2.05, 4.69) is 9.97 Å². The van der Waals surface area contributed by atoms with Gasteiger partial charge in [0.1, 0.15) is 10.6 Å². The molecule has 5 nitrogen and oxygen atoms in total. The molecule has 2 N–H and O–H groups in total. The maximum atomic E-state index is 12.0. The molecule has 0 radical (unpaired) electrons. The highest BCUT2D eigenvalue weighted by molar-refractivity contribution is 7.19. The molecule has 24 heavy (non-hydrogen) atoms. The van der Waals surface area contributed by atoms with Crippen molar-refractivity contribution in [3.63, 3.8) is 0 Å². The largest absolute Gasteiger partial charge is 0.457 e. The highest BCUT2D eigenvalue weighted by Crippen LogP contribution is 2.37. The van der Waals surface area contributed by atoms with Crippen molar-refractivity contribution in [3.8, 4) is 0 Å². The average molecular weight is 345 g/mol. The monoisotopic (exact) mass is 345 g/mol. The normalized spacial score (nSPS) is 18.0. The van der Waals surface area contributed by atoms with Gasteiger partial charge in [0.2, 0.25) is 0 Å². The Labute approximate surface area is 145 Å². The van der Waals surface area contributed by atoms with E-state index in [0.717, 1.165) is 35.9 Å². The van der Waals surface area contributed by atoms with E-state index >= 15 is 0 Å². The third kappa shape index (κ3) is 3.11. The molecular weight excluding hydrogens is 322 g/mol. The number of fused-ring (bicyclic) bond motifs is 3. The molecule has 128 valence electrons. The lowest BCUT2D eigenvalue weighted by Gasteiger charge is -2.11. The molecule has 1 saturated carbocycles. The molecule has 0 aromatic carbocycles. The Bertz CT molecular complexity index is 765. The Morgan fingerprint density at radius 2 is 1.96 bits per heavy atom. The minimum atomic E-state index is -0.144. The standard InChI is InChI=1S/C18H23N3O2S/c19-17-16-12-7-3-4-8-13(12)24-18(16)21-14(20-17)10-23-15(22)9-11-5-1-2-6-11/h11H,1-10H2,(H2,19,20,21). The van der Waals surface area contributed by atoms with Crippen molar-refractivity contribution in [2.45, 2.75) is 64.4 Å². The van der Waals surface area contributed by atoms with Crippen LogP contribution in [0.5, 0.6) is 0 Å². The molecule has 0 bridgehead atoms. The summed E-state index contributed by atoms with van der Waals surface area (Å²) in [6.45, 7) is 0.119. The van der Waals surface area contributed by atoms with Crippen LogP contribution >= 0.6 is 11.3 Å². The molecule has 2 heterocycles. The molecule has 2 aromatic heterocycles. The van der Waals surface area contributed by atoms with Gasteiger partial charge < -0.3 is 10.5 Å². The molecule has 2 aliphatic carbocycles. The Balaban J connectivity index is 1.47. The van der Waals surface area contributed by atoms with Gasteiger partial charge in [0.05, 0.1) is 5.39 Å². The van der Waals surface area contributed by atoms with E-state index in [-0.39, 0.29) is 12.6 Å². The van der Waals surface area contributed by atoms with Gasteiger partial charge in [0, 0.05) is 11.3 Å². The predicted octanol–water partition coefficient (Wildman–Crippen LogP) is 3.78. The number of nitrogens with zero attached hydrogens (tertiary/aromatic N) is 2. The van der Waals surface area contributed by atoms with E-state index in [1.807, 2.05) is 0 Å². The number of hydrogen-bond donors (Lipinski definition) is 1. The number of nitrogen functional groups attached to an aromatic ring is 1. The number of carbonyl (C=O) groups is 1. The van der Waals surface area contributed by atoms with Crippen LogP contribution < -0.4 is 5.73 Å². The third-order valence-corrected chi connectivity index (χ3v) is 6.37. The van der Waals surface area contributed by atoms with Gasteiger partial charge in [0.15, 0.2) is 12.4 Å². The van der Waals surface area contributed by atoms with Crippen LogP contribution in [0.15, 0.2) is 0 Å². The zero-order chi connectivity index (χ0) is 16.5. The number of rotatable bonds is 4. The summed E-state index contributed by atoms with van der Waals surface area (Å²) in [6, 6.07) is 0. The van der Waals surface area contributed by atoms with E-state index in [1.54, 1.807) is 11.3 Å². The van der Waals surface area contributed by atoms with Crippen LogP contribution in [0.1, 0.15) is 61.2 Å². The number of carbonyl (C=O) groups excluding carboxylic acids is 1. The predicted molar refractivity (Wildman–Crippen MR) is 94.8 cm³/mol. The zero-order valence-corrected chi connectivity index (χ0v) is 14.7. The van der Waals surface area contributed by atoms with Gasteiger partial charge in [0.25, 0.3) is 0 Å². The summed E-state index contributed by atoms with van der Waals surface area (Å²) < 4.78 is 5.38. The molecule has 0 amide bonds. The van der Waals surface area contributed by atoms with Crippen molar-refractivity contribution in [1.29, 1.82) is 0 Å². The van der Waals surface area contributed by atoms with E-state index < -0.39 is 0 Å². The van der Waals surface area contributed by atoms with Gasteiger partial charge in [-0.3, -0.25) is 4.79 Å². The quantitative estimate of drug-likeness (QED) is 0.853. The smallest absolute Gasteiger partial charge is 0.306 e. The van der Waals surface area contributed by atoms with Crippen molar-refractivity contribution < 1.29 is 9.53 Å². The summed E-state index contributed by atoms with van der Waals surface area (Å²) >= 11 is 1.72. The minimum absolute atomic E-state index is 0.119. The molecule has 0 spiro atoms. The van der Waals surface area contributed by atoms with E-state index in [4.69, 9.17) is 10.5 Å². The van der Waals surface area contributed by atoms with Crippen molar-refractivity contribution in [1.82, 2.24) is 9.97 Å². The first-order valence-corrected chi connectivity index (χ1v) is 9.74.